The highest BCUT2D eigenvalue weighted by molar-refractivity contribution is 5.47. The number of phenolic OH excluding ortho intramolecular Hbond substituents is 1. The summed E-state index contributed by atoms with van der Waals surface area (Å²) >= 11 is 0. The average Bonchev–Trinajstić information content (AvgIpc) is 2.85. The zero-order valence-electron chi connectivity index (χ0n) is 10.6. The Balaban J connectivity index is 2.19. The van der Waals surface area contributed by atoms with Gasteiger partial charge in [-0.3, -0.25) is 0 Å². The molecule has 0 saturated heterocycles. The molecule has 96 valence electrons. The quantitative estimate of drug-likeness (QED) is 0.850. The van der Waals surface area contributed by atoms with E-state index >= 15 is 0 Å². The van der Waals surface area contributed by atoms with Crippen molar-refractivity contribution in [3.05, 3.63) is 35.7 Å². The molecule has 0 radical (unpaired) electrons. The number of para-hydroxylation sites is 1. The van der Waals surface area contributed by atoms with Gasteiger partial charge >= 0.3 is 0 Å². The molecule has 2 rings (SSSR count). The van der Waals surface area contributed by atoms with Gasteiger partial charge in [0.2, 0.25) is 0 Å². The highest BCUT2D eigenvalue weighted by atomic mass is 16.5. The van der Waals surface area contributed by atoms with Crippen LogP contribution >= 0.6 is 0 Å². The van der Waals surface area contributed by atoms with Gasteiger partial charge in [0.1, 0.15) is 0 Å². The minimum absolute atomic E-state index is 0.149. The zero-order valence-corrected chi connectivity index (χ0v) is 10.6. The molecule has 0 spiro atoms. The zero-order chi connectivity index (χ0) is 13.0. The lowest BCUT2D eigenvalue weighted by Gasteiger charge is -2.14. The second kappa shape index (κ2) is 5.53. The van der Waals surface area contributed by atoms with Crippen LogP contribution in [0.5, 0.6) is 11.5 Å². The molecule has 0 aliphatic carbocycles. The predicted molar refractivity (Wildman–Crippen MR) is 67.8 cm³/mol. The Kier molecular flexibility index (Phi) is 3.82. The van der Waals surface area contributed by atoms with Crippen molar-refractivity contribution in [1.82, 2.24) is 15.4 Å². The van der Waals surface area contributed by atoms with Crippen LogP contribution in [0, 0.1) is 0 Å². The van der Waals surface area contributed by atoms with Crippen molar-refractivity contribution in [2.75, 3.05) is 6.61 Å². The fourth-order valence-corrected chi connectivity index (χ4v) is 1.96. The van der Waals surface area contributed by atoms with Crippen LogP contribution in [0.3, 0.4) is 0 Å². The van der Waals surface area contributed by atoms with E-state index in [0.717, 1.165) is 17.7 Å². The Morgan fingerprint density at radius 3 is 2.94 bits per heavy atom. The molecule has 0 saturated carbocycles. The first-order chi connectivity index (χ1) is 8.72. The van der Waals surface area contributed by atoms with Crippen LogP contribution in [0.1, 0.15) is 31.0 Å². The van der Waals surface area contributed by atoms with E-state index in [-0.39, 0.29) is 11.7 Å². The van der Waals surface area contributed by atoms with Gasteiger partial charge in [0, 0.05) is 5.56 Å². The molecular weight excluding hydrogens is 230 g/mol. The minimum atomic E-state index is 0.149. The summed E-state index contributed by atoms with van der Waals surface area (Å²) in [6.45, 7) is 4.47. The second-order valence-corrected chi connectivity index (χ2v) is 4.19. The maximum absolute atomic E-state index is 10.2. The molecule has 0 aliphatic rings. The van der Waals surface area contributed by atoms with Crippen molar-refractivity contribution in [3.8, 4) is 11.5 Å². The first kappa shape index (κ1) is 12.4. The SMILES string of the molecule is CCOc1cccc(C(C)Cc2cn[nH]n2)c1O. The number of rotatable bonds is 5. The number of hydrogen-bond acceptors (Lipinski definition) is 4. The van der Waals surface area contributed by atoms with E-state index in [9.17, 15) is 5.11 Å². The monoisotopic (exact) mass is 247 g/mol. The van der Waals surface area contributed by atoms with Crippen LogP contribution in [-0.2, 0) is 6.42 Å². The van der Waals surface area contributed by atoms with Gasteiger partial charge in [-0.25, -0.2) is 0 Å². The number of aromatic amines is 1. The molecule has 1 atom stereocenters. The summed E-state index contributed by atoms with van der Waals surface area (Å²) in [5.74, 6) is 0.896. The number of hydrogen-bond donors (Lipinski definition) is 2. The largest absolute Gasteiger partial charge is 0.504 e. The molecule has 1 aromatic carbocycles. The molecule has 2 N–H and O–H groups in total. The number of aromatic hydroxyl groups is 1. The number of aromatic nitrogens is 3. The van der Waals surface area contributed by atoms with Crippen LogP contribution in [-0.4, -0.2) is 27.1 Å². The Bertz CT molecular complexity index is 497. The molecule has 1 unspecified atom stereocenters. The van der Waals surface area contributed by atoms with E-state index < -0.39 is 0 Å². The summed E-state index contributed by atoms with van der Waals surface area (Å²) < 4.78 is 5.38. The normalized spacial score (nSPS) is 12.3. The summed E-state index contributed by atoms with van der Waals surface area (Å²) in [7, 11) is 0. The van der Waals surface area contributed by atoms with Crippen molar-refractivity contribution < 1.29 is 9.84 Å². The highest BCUT2D eigenvalue weighted by Crippen LogP contribution is 2.35. The number of nitrogens with zero attached hydrogens (tertiary/aromatic N) is 2. The van der Waals surface area contributed by atoms with Gasteiger partial charge in [0.25, 0.3) is 0 Å². The fraction of sp³-hybridized carbons (Fsp3) is 0.385. The van der Waals surface area contributed by atoms with Gasteiger partial charge in [-0.1, -0.05) is 19.1 Å². The molecule has 18 heavy (non-hydrogen) atoms. The van der Waals surface area contributed by atoms with Crippen molar-refractivity contribution in [1.29, 1.82) is 0 Å². The van der Waals surface area contributed by atoms with E-state index in [1.54, 1.807) is 12.3 Å². The minimum Gasteiger partial charge on any atom is -0.504 e. The van der Waals surface area contributed by atoms with E-state index in [4.69, 9.17) is 4.74 Å². The standard InChI is InChI=1S/C13H17N3O2/c1-3-18-12-6-4-5-11(13(12)17)9(2)7-10-8-14-16-15-10/h4-6,8-9,17H,3,7H2,1-2H3,(H,14,15,16). The number of ether oxygens (including phenoxy) is 1. The van der Waals surface area contributed by atoms with E-state index in [1.165, 1.54) is 0 Å². The molecule has 0 amide bonds. The van der Waals surface area contributed by atoms with Crippen LogP contribution in [0.2, 0.25) is 0 Å². The first-order valence-corrected chi connectivity index (χ1v) is 6.01. The first-order valence-electron chi connectivity index (χ1n) is 6.01. The summed E-state index contributed by atoms with van der Waals surface area (Å²) in [5.41, 5.74) is 1.74. The Morgan fingerprint density at radius 1 is 1.44 bits per heavy atom. The Hall–Kier alpha value is -2.04. The molecule has 5 heteroatoms. The number of nitrogens with one attached hydrogen (secondary N) is 1. The number of H-pyrrole nitrogens is 1. The number of phenols is 1. The lowest BCUT2D eigenvalue weighted by molar-refractivity contribution is 0.316. The van der Waals surface area contributed by atoms with Crippen LogP contribution < -0.4 is 4.74 Å². The van der Waals surface area contributed by atoms with Gasteiger partial charge in [-0.05, 0) is 25.3 Å². The van der Waals surface area contributed by atoms with Crippen molar-refractivity contribution in [2.24, 2.45) is 0 Å². The van der Waals surface area contributed by atoms with Crippen molar-refractivity contribution in [3.63, 3.8) is 0 Å². The maximum atomic E-state index is 10.2. The van der Waals surface area contributed by atoms with Gasteiger partial charge in [-0.15, -0.1) is 0 Å². The number of benzene rings is 1. The molecule has 0 bridgehead atoms. The second-order valence-electron chi connectivity index (χ2n) is 4.19. The molecule has 0 aliphatic heterocycles. The molecule has 1 heterocycles. The molecular formula is C13H17N3O2. The smallest absolute Gasteiger partial charge is 0.161 e. The third-order valence-corrected chi connectivity index (χ3v) is 2.84. The van der Waals surface area contributed by atoms with E-state index in [0.29, 0.717) is 12.4 Å². The highest BCUT2D eigenvalue weighted by Gasteiger charge is 2.15. The molecule has 1 aromatic heterocycles. The van der Waals surface area contributed by atoms with Gasteiger partial charge in [-0.2, -0.15) is 15.4 Å². The third-order valence-electron chi connectivity index (χ3n) is 2.84. The van der Waals surface area contributed by atoms with Gasteiger partial charge in [0.05, 0.1) is 18.5 Å². The lowest BCUT2D eigenvalue weighted by atomic mass is 9.95. The molecule has 5 nitrogen and oxygen atoms in total. The van der Waals surface area contributed by atoms with Crippen LogP contribution in [0.4, 0.5) is 0 Å². The Labute approximate surface area is 106 Å². The van der Waals surface area contributed by atoms with Gasteiger partial charge in [0.15, 0.2) is 11.5 Å². The van der Waals surface area contributed by atoms with E-state index in [1.807, 2.05) is 26.0 Å². The van der Waals surface area contributed by atoms with Crippen LogP contribution in [0.25, 0.3) is 0 Å². The predicted octanol–water partition coefficient (Wildman–Crippen LogP) is 2.26. The van der Waals surface area contributed by atoms with Crippen molar-refractivity contribution >= 4 is 0 Å². The van der Waals surface area contributed by atoms with Crippen LogP contribution in [0.15, 0.2) is 24.4 Å². The average molecular weight is 247 g/mol. The van der Waals surface area contributed by atoms with Crippen molar-refractivity contribution in [2.45, 2.75) is 26.2 Å². The summed E-state index contributed by atoms with van der Waals surface area (Å²) in [6, 6.07) is 5.56. The summed E-state index contributed by atoms with van der Waals surface area (Å²) in [6.07, 6.45) is 2.42. The molecule has 0 fully saturated rings. The fourth-order valence-electron chi connectivity index (χ4n) is 1.96. The van der Waals surface area contributed by atoms with E-state index in [2.05, 4.69) is 15.4 Å². The Morgan fingerprint density at radius 2 is 2.28 bits per heavy atom. The summed E-state index contributed by atoms with van der Waals surface area (Å²) in [5, 5.41) is 20.5. The van der Waals surface area contributed by atoms with Gasteiger partial charge < -0.3 is 9.84 Å². The lowest BCUT2D eigenvalue weighted by Crippen LogP contribution is -2.01. The molecule has 2 aromatic rings. The topological polar surface area (TPSA) is 71.0 Å². The third kappa shape index (κ3) is 2.61. The summed E-state index contributed by atoms with van der Waals surface area (Å²) in [4.78, 5) is 0. The maximum Gasteiger partial charge on any atom is 0.161 e.